The number of carbonyl (C=O) groups is 2. The minimum Gasteiger partial charge on any atom is -0.445 e. The molecule has 0 radical (unpaired) electrons. The zero-order valence-corrected chi connectivity index (χ0v) is 15.2. The average molecular weight is 356 g/mol. The van der Waals surface area contributed by atoms with Crippen LogP contribution in [0.5, 0.6) is 0 Å². The number of hydrogen-bond donors (Lipinski definition) is 1. The van der Waals surface area contributed by atoms with Gasteiger partial charge in [-0.3, -0.25) is 4.79 Å². The first-order chi connectivity index (χ1) is 12.7. The standard InChI is InChI=1S/C21H28N2O3/c1-2-13-26-21(25)23-18-10-11-19(23)15-16(14-18)7-6-12-22-20(24)17-8-4-3-5-9-17/h2-5,8-9,16,18-19H,1,6-7,10-15H2,(H,22,24). The number of ether oxygens (including phenoxy) is 1. The lowest BCUT2D eigenvalue weighted by atomic mass is 9.87. The van der Waals surface area contributed by atoms with Crippen LogP contribution in [-0.2, 0) is 4.74 Å². The Bertz CT molecular complexity index is 617. The van der Waals surface area contributed by atoms with E-state index in [4.69, 9.17) is 4.74 Å². The van der Waals surface area contributed by atoms with Crippen molar-refractivity contribution in [3.63, 3.8) is 0 Å². The van der Waals surface area contributed by atoms with Crippen LogP contribution in [0, 0.1) is 5.92 Å². The third kappa shape index (κ3) is 4.45. The number of fused-ring (bicyclic) bond motifs is 2. The van der Waals surface area contributed by atoms with Crippen molar-refractivity contribution in [3.05, 3.63) is 48.6 Å². The van der Waals surface area contributed by atoms with Crippen LogP contribution in [0.15, 0.2) is 43.0 Å². The molecule has 140 valence electrons. The molecule has 2 amide bonds. The maximum Gasteiger partial charge on any atom is 0.410 e. The highest BCUT2D eigenvalue weighted by atomic mass is 16.6. The summed E-state index contributed by atoms with van der Waals surface area (Å²) in [6.45, 7) is 4.57. The molecule has 0 aromatic heterocycles. The number of hydrogen-bond acceptors (Lipinski definition) is 3. The minimum absolute atomic E-state index is 0.00884. The van der Waals surface area contributed by atoms with Gasteiger partial charge < -0.3 is 15.0 Å². The molecule has 3 rings (SSSR count). The first kappa shape index (κ1) is 18.5. The number of benzene rings is 1. The molecule has 0 saturated carbocycles. The minimum atomic E-state index is -0.189. The van der Waals surface area contributed by atoms with E-state index in [0.29, 0.717) is 30.1 Å². The molecule has 5 nitrogen and oxygen atoms in total. The van der Waals surface area contributed by atoms with Crippen molar-refractivity contribution in [2.24, 2.45) is 5.92 Å². The summed E-state index contributed by atoms with van der Waals surface area (Å²) in [5.41, 5.74) is 0.705. The summed E-state index contributed by atoms with van der Waals surface area (Å²) in [5, 5.41) is 2.99. The van der Waals surface area contributed by atoms with Gasteiger partial charge in [-0.1, -0.05) is 30.9 Å². The van der Waals surface area contributed by atoms with E-state index in [1.54, 1.807) is 6.08 Å². The Hall–Kier alpha value is -2.30. The second-order valence-electron chi connectivity index (χ2n) is 7.26. The largest absolute Gasteiger partial charge is 0.445 e. The van der Waals surface area contributed by atoms with Gasteiger partial charge in [0.2, 0.25) is 0 Å². The van der Waals surface area contributed by atoms with Gasteiger partial charge in [-0.15, -0.1) is 0 Å². The van der Waals surface area contributed by atoms with Crippen LogP contribution < -0.4 is 5.32 Å². The lowest BCUT2D eigenvalue weighted by Crippen LogP contribution is -2.46. The van der Waals surface area contributed by atoms with Crippen molar-refractivity contribution in [1.82, 2.24) is 10.2 Å². The Morgan fingerprint density at radius 1 is 1.19 bits per heavy atom. The van der Waals surface area contributed by atoms with E-state index in [1.807, 2.05) is 35.2 Å². The van der Waals surface area contributed by atoms with Crippen molar-refractivity contribution >= 4 is 12.0 Å². The predicted molar refractivity (Wildman–Crippen MR) is 101 cm³/mol. The summed E-state index contributed by atoms with van der Waals surface area (Å²) >= 11 is 0. The topological polar surface area (TPSA) is 58.6 Å². The van der Waals surface area contributed by atoms with Gasteiger partial charge in [0, 0.05) is 24.2 Å². The molecule has 1 aromatic rings. The fourth-order valence-corrected chi connectivity index (χ4v) is 4.31. The van der Waals surface area contributed by atoms with Crippen molar-refractivity contribution < 1.29 is 14.3 Å². The van der Waals surface area contributed by atoms with Gasteiger partial charge in [0.1, 0.15) is 6.61 Å². The summed E-state index contributed by atoms with van der Waals surface area (Å²) < 4.78 is 5.24. The second-order valence-corrected chi connectivity index (χ2v) is 7.26. The third-order valence-electron chi connectivity index (χ3n) is 5.48. The highest BCUT2D eigenvalue weighted by Gasteiger charge is 2.43. The Morgan fingerprint density at radius 3 is 2.54 bits per heavy atom. The maximum absolute atomic E-state index is 12.2. The monoisotopic (exact) mass is 356 g/mol. The summed E-state index contributed by atoms with van der Waals surface area (Å²) in [6, 6.07) is 9.94. The Balaban J connectivity index is 1.39. The normalized spacial score (nSPS) is 24.2. The fraction of sp³-hybridized carbons (Fsp3) is 0.524. The molecule has 2 saturated heterocycles. The highest BCUT2D eigenvalue weighted by Crippen LogP contribution is 2.40. The van der Waals surface area contributed by atoms with Gasteiger partial charge in [-0.05, 0) is 56.6 Å². The average Bonchev–Trinajstić information content (AvgIpc) is 2.94. The van der Waals surface area contributed by atoms with Crippen LogP contribution in [0.25, 0.3) is 0 Å². The Morgan fingerprint density at radius 2 is 1.88 bits per heavy atom. The van der Waals surface area contributed by atoms with Crippen LogP contribution in [0.4, 0.5) is 4.79 Å². The number of rotatable bonds is 7. The molecule has 2 atom stereocenters. The maximum atomic E-state index is 12.2. The van der Waals surface area contributed by atoms with Gasteiger partial charge in [0.25, 0.3) is 5.91 Å². The lowest BCUT2D eigenvalue weighted by molar-refractivity contribution is 0.0620. The van der Waals surface area contributed by atoms with Crippen LogP contribution in [-0.4, -0.2) is 42.1 Å². The molecule has 1 N–H and O–H groups in total. The Kier molecular flexibility index (Phi) is 6.31. The number of nitrogens with zero attached hydrogens (tertiary/aromatic N) is 1. The van der Waals surface area contributed by atoms with Gasteiger partial charge in [0.05, 0.1) is 0 Å². The lowest BCUT2D eigenvalue weighted by Gasteiger charge is -2.38. The highest BCUT2D eigenvalue weighted by molar-refractivity contribution is 5.94. The van der Waals surface area contributed by atoms with E-state index < -0.39 is 0 Å². The van der Waals surface area contributed by atoms with E-state index in [-0.39, 0.29) is 18.6 Å². The molecule has 1 aromatic carbocycles. The zero-order chi connectivity index (χ0) is 18.4. The van der Waals surface area contributed by atoms with E-state index in [0.717, 1.165) is 38.5 Å². The number of carbonyl (C=O) groups excluding carboxylic acids is 2. The van der Waals surface area contributed by atoms with Crippen molar-refractivity contribution in [2.45, 2.75) is 50.6 Å². The molecule has 5 heteroatoms. The molecule has 2 fully saturated rings. The molecule has 2 aliphatic heterocycles. The number of nitrogens with one attached hydrogen (secondary N) is 1. The first-order valence-electron chi connectivity index (χ1n) is 9.58. The van der Waals surface area contributed by atoms with Crippen molar-refractivity contribution in [2.75, 3.05) is 13.2 Å². The predicted octanol–water partition coefficient (Wildman–Crippen LogP) is 3.76. The number of amides is 2. The van der Waals surface area contributed by atoms with E-state index >= 15 is 0 Å². The molecule has 2 bridgehead atoms. The fourth-order valence-electron chi connectivity index (χ4n) is 4.31. The Labute approximate surface area is 155 Å². The van der Waals surface area contributed by atoms with E-state index in [9.17, 15) is 9.59 Å². The molecule has 26 heavy (non-hydrogen) atoms. The third-order valence-corrected chi connectivity index (χ3v) is 5.48. The van der Waals surface area contributed by atoms with E-state index in [1.165, 1.54) is 0 Å². The summed E-state index contributed by atoms with van der Waals surface area (Å²) in [6.07, 6.45) is 7.74. The molecule has 0 aliphatic carbocycles. The summed E-state index contributed by atoms with van der Waals surface area (Å²) in [5.74, 6) is 0.620. The van der Waals surface area contributed by atoms with Crippen LogP contribution in [0.2, 0.25) is 0 Å². The van der Waals surface area contributed by atoms with Crippen LogP contribution >= 0.6 is 0 Å². The molecule has 2 heterocycles. The van der Waals surface area contributed by atoms with Crippen molar-refractivity contribution in [1.29, 1.82) is 0 Å². The van der Waals surface area contributed by atoms with Crippen molar-refractivity contribution in [3.8, 4) is 0 Å². The van der Waals surface area contributed by atoms with Gasteiger partial charge in [0.15, 0.2) is 0 Å². The smallest absolute Gasteiger partial charge is 0.410 e. The SMILES string of the molecule is C=CCOC(=O)N1C2CCC1CC(CCCNC(=O)c1ccccc1)C2. The van der Waals surface area contributed by atoms with Gasteiger partial charge in [-0.25, -0.2) is 4.79 Å². The molecule has 0 spiro atoms. The molecular weight excluding hydrogens is 328 g/mol. The second kappa shape index (κ2) is 8.88. The summed E-state index contributed by atoms with van der Waals surface area (Å²) in [7, 11) is 0. The first-order valence-corrected chi connectivity index (χ1v) is 9.58. The zero-order valence-electron chi connectivity index (χ0n) is 15.2. The molecule has 2 aliphatic rings. The van der Waals surface area contributed by atoms with Gasteiger partial charge >= 0.3 is 6.09 Å². The number of piperidine rings is 1. The molecular formula is C21H28N2O3. The molecule has 2 unspecified atom stereocenters. The summed E-state index contributed by atoms with van der Waals surface area (Å²) in [4.78, 5) is 26.2. The quantitative estimate of drug-likeness (QED) is 0.598. The van der Waals surface area contributed by atoms with E-state index in [2.05, 4.69) is 11.9 Å². The van der Waals surface area contributed by atoms with Crippen LogP contribution in [0.1, 0.15) is 48.9 Å². The van der Waals surface area contributed by atoms with Crippen LogP contribution in [0.3, 0.4) is 0 Å². The van der Waals surface area contributed by atoms with Gasteiger partial charge in [-0.2, -0.15) is 0 Å².